The van der Waals surface area contributed by atoms with Gasteiger partial charge in [0.15, 0.2) is 11.5 Å². The zero-order chi connectivity index (χ0) is 24.0. The van der Waals surface area contributed by atoms with Crippen molar-refractivity contribution in [2.45, 2.75) is 44.4 Å². The van der Waals surface area contributed by atoms with Crippen LogP contribution in [0.15, 0.2) is 70.2 Å². The molecular weight excluding hydrogens is 444 g/mol. The molecule has 9 heteroatoms. The first-order valence-corrected chi connectivity index (χ1v) is 12.0. The molecule has 2 aromatic carbocycles. The van der Waals surface area contributed by atoms with Gasteiger partial charge in [-0.2, -0.15) is 0 Å². The smallest absolute Gasteiger partial charge is 0.251 e. The van der Waals surface area contributed by atoms with Crippen molar-refractivity contribution in [1.82, 2.24) is 10.0 Å². The quantitative estimate of drug-likeness (QED) is 0.461. The molecule has 1 aromatic heterocycles. The van der Waals surface area contributed by atoms with Crippen molar-refractivity contribution in [1.29, 1.82) is 0 Å². The van der Waals surface area contributed by atoms with Crippen LogP contribution in [0.5, 0.6) is 11.5 Å². The molecule has 2 N–H and O–H groups in total. The maximum Gasteiger partial charge on any atom is 0.251 e. The van der Waals surface area contributed by atoms with Gasteiger partial charge in [-0.15, -0.1) is 0 Å². The third kappa shape index (κ3) is 6.36. The lowest BCUT2D eigenvalue weighted by atomic mass is 10.1. The average molecular weight is 473 g/mol. The highest BCUT2D eigenvalue weighted by atomic mass is 32.2. The number of carbonyl (C=O) groups excluding carboxylic acids is 1. The zero-order valence-corrected chi connectivity index (χ0v) is 19.8. The first-order chi connectivity index (χ1) is 15.7. The second-order valence-corrected chi connectivity index (χ2v) is 9.47. The Hall–Kier alpha value is -3.30. The van der Waals surface area contributed by atoms with E-state index in [0.29, 0.717) is 22.8 Å². The Bertz CT molecular complexity index is 1170. The van der Waals surface area contributed by atoms with Gasteiger partial charge in [-0.05, 0) is 74.9 Å². The van der Waals surface area contributed by atoms with Gasteiger partial charge in [-0.25, -0.2) is 13.1 Å². The summed E-state index contributed by atoms with van der Waals surface area (Å²) in [5.41, 5.74) is 1.19. The predicted molar refractivity (Wildman–Crippen MR) is 124 cm³/mol. The zero-order valence-electron chi connectivity index (χ0n) is 19.0. The summed E-state index contributed by atoms with van der Waals surface area (Å²) in [6.45, 7) is 5.76. The number of methoxy groups -OCH3 is 1. The van der Waals surface area contributed by atoms with Gasteiger partial charge < -0.3 is 19.2 Å². The number of nitrogens with one attached hydrogen (secondary N) is 2. The molecule has 1 atom stereocenters. The van der Waals surface area contributed by atoms with E-state index in [0.717, 1.165) is 5.56 Å². The van der Waals surface area contributed by atoms with Gasteiger partial charge in [0, 0.05) is 5.56 Å². The van der Waals surface area contributed by atoms with Crippen molar-refractivity contribution in [2.75, 3.05) is 7.11 Å². The summed E-state index contributed by atoms with van der Waals surface area (Å²) in [4.78, 5) is 12.8. The van der Waals surface area contributed by atoms with E-state index < -0.39 is 10.0 Å². The minimum Gasteiger partial charge on any atom is -0.493 e. The monoisotopic (exact) mass is 472 g/mol. The molecule has 0 bridgehead atoms. The van der Waals surface area contributed by atoms with Gasteiger partial charge in [0.25, 0.3) is 5.91 Å². The summed E-state index contributed by atoms with van der Waals surface area (Å²) in [6.07, 6.45) is 1.48. The molecule has 0 aliphatic carbocycles. The largest absolute Gasteiger partial charge is 0.493 e. The maximum absolute atomic E-state index is 12.7. The third-order valence-electron chi connectivity index (χ3n) is 4.84. The average Bonchev–Trinajstić information content (AvgIpc) is 3.31. The Kier molecular flexibility index (Phi) is 7.78. The summed E-state index contributed by atoms with van der Waals surface area (Å²) in [5.74, 6) is 1.39. The molecule has 0 saturated carbocycles. The lowest BCUT2D eigenvalue weighted by molar-refractivity contribution is 0.0939. The van der Waals surface area contributed by atoms with Crippen LogP contribution in [0.1, 0.15) is 48.5 Å². The normalized spacial score (nSPS) is 12.4. The van der Waals surface area contributed by atoms with Gasteiger partial charge >= 0.3 is 0 Å². The maximum atomic E-state index is 12.7. The Labute approximate surface area is 194 Å². The highest BCUT2D eigenvalue weighted by Gasteiger charge is 2.17. The number of carbonyl (C=O) groups is 1. The molecule has 0 aliphatic heterocycles. The highest BCUT2D eigenvalue weighted by Crippen LogP contribution is 2.31. The second kappa shape index (κ2) is 10.5. The van der Waals surface area contributed by atoms with E-state index in [1.165, 1.54) is 30.5 Å². The van der Waals surface area contributed by atoms with Gasteiger partial charge in [0.2, 0.25) is 10.0 Å². The molecule has 1 unspecified atom stereocenters. The molecule has 0 saturated heterocycles. The van der Waals surface area contributed by atoms with Crippen LogP contribution < -0.4 is 19.5 Å². The summed E-state index contributed by atoms with van der Waals surface area (Å²) < 4.78 is 43.6. The van der Waals surface area contributed by atoms with Crippen LogP contribution in [0, 0.1) is 0 Å². The number of hydrogen-bond donors (Lipinski definition) is 2. The molecule has 33 heavy (non-hydrogen) atoms. The first-order valence-electron chi connectivity index (χ1n) is 10.5. The van der Waals surface area contributed by atoms with E-state index in [1.807, 2.05) is 39.0 Å². The third-order valence-corrected chi connectivity index (χ3v) is 6.26. The van der Waals surface area contributed by atoms with E-state index in [-0.39, 0.29) is 29.5 Å². The van der Waals surface area contributed by atoms with Crippen LogP contribution in [0.4, 0.5) is 0 Å². The fraction of sp³-hybridized carbons (Fsp3) is 0.292. The SMILES string of the molecule is COc1cc(C(C)NC(=O)c2ccc(S(=O)(=O)NCc3ccco3)cc2)ccc1OC(C)C. The summed E-state index contributed by atoms with van der Waals surface area (Å²) in [7, 11) is -2.17. The van der Waals surface area contributed by atoms with E-state index in [9.17, 15) is 13.2 Å². The van der Waals surface area contributed by atoms with E-state index >= 15 is 0 Å². The van der Waals surface area contributed by atoms with Crippen molar-refractivity contribution >= 4 is 15.9 Å². The van der Waals surface area contributed by atoms with Crippen LogP contribution in [-0.2, 0) is 16.6 Å². The number of furan rings is 1. The molecule has 1 heterocycles. The minimum atomic E-state index is -3.73. The number of hydrogen-bond acceptors (Lipinski definition) is 6. The van der Waals surface area contributed by atoms with Crippen molar-refractivity contribution in [3.63, 3.8) is 0 Å². The topological polar surface area (TPSA) is 107 Å². The van der Waals surface area contributed by atoms with Gasteiger partial charge in [0.1, 0.15) is 5.76 Å². The predicted octanol–water partition coefficient (Wildman–Crippen LogP) is 4.04. The standard InChI is InChI=1S/C24H28N2O6S/c1-16(2)32-22-12-9-19(14-23(22)30-4)17(3)26-24(27)18-7-10-21(11-8-18)33(28,29)25-15-20-6-5-13-31-20/h5-14,16-17,25H,15H2,1-4H3,(H,26,27). The molecule has 176 valence electrons. The number of ether oxygens (including phenoxy) is 2. The number of sulfonamides is 1. The molecule has 0 aliphatic rings. The molecule has 3 aromatic rings. The fourth-order valence-electron chi connectivity index (χ4n) is 3.12. The fourth-order valence-corrected chi connectivity index (χ4v) is 4.11. The van der Waals surface area contributed by atoms with Crippen molar-refractivity contribution < 1.29 is 27.1 Å². The Balaban J connectivity index is 1.65. The van der Waals surface area contributed by atoms with Crippen LogP contribution in [-0.4, -0.2) is 27.5 Å². The Morgan fingerprint density at radius 2 is 1.76 bits per heavy atom. The van der Waals surface area contributed by atoms with Crippen LogP contribution in [0.25, 0.3) is 0 Å². The van der Waals surface area contributed by atoms with E-state index in [1.54, 1.807) is 19.2 Å². The molecule has 8 nitrogen and oxygen atoms in total. The summed E-state index contributed by atoms with van der Waals surface area (Å²) >= 11 is 0. The van der Waals surface area contributed by atoms with Gasteiger partial charge in [0.05, 0.1) is 37.0 Å². The number of benzene rings is 2. The molecule has 0 fully saturated rings. The Morgan fingerprint density at radius 3 is 2.36 bits per heavy atom. The molecular formula is C24H28N2O6S. The Morgan fingerprint density at radius 1 is 1.03 bits per heavy atom. The molecule has 0 spiro atoms. The lowest BCUT2D eigenvalue weighted by Crippen LogP contribution is -2.27. The highest BCUT2D eigenvalue weighted by molar-refractivity contribution is 7.89. The van der Waals surface area contributed by atoms with E-state index in [2.05, 4.69) is 10.0 Å². The molecule has 1 amide bonds. The first kappa shape index (κ1) is 24.3. The van der Waals surface area contributed by atoms with Crippen LogP contribution >= 0.6 is 0 Å². The van der Waals surface area contributed by atoms with Crippen molar-refractivity contribution in [3.8, 4) is 11.5 Å². The lowest BCUT2D eigenvalue weighted by Gasteiger charge is -2.18. The van der Waals surface area contributed by atoms with Crippen LogP contribution in [0.3, 0.4) is 0 Å². The summed E-state index contributed by atoms with van der Waals surface area (Å²) in [6, 6.07) is 14.3. The molecule has 3 rings (SSSR count). The number of amides is 1. The summed E-state index contributed by atoms with van der Waals surface area (Å²) in [5, 5.41) is 2.91. The van der Waals surface area contributed by atoms with Crippen molar-refractivity contribution in [3.05, 3.63) is 77.7 Å². The van der Waals surface area contributed by atoms with Gasteiger partial charge in [-0.3, -0.25) is 4.79 Å². The van der Waals surface area contributed by atoms with Crippen molar-refractivity contribution in [2.24, 2.45) is 0 Å². The van der Waals surface area contributed by atoms with E-state index in [4.69, 9.17) is 13.9 Å². The van der Waals surface area contributed by atoms with Crippen LogP contribution in [0.2, 0.25) is 0 Å². The molecule has 0 radical (unpaired) electrons. The minimum absolute atomic E-state index is 0.00833. The number of rotatable bonds is 10. The second-order valence-electron chi connectivity index (χ2n) is 7.70. The van der Waals surface area contributed by atoms with Gasteiger partial charge in [-0.1, -0.05) is 6.07 Å².